The van der Waals surface area contributed by atoms with Gasteiger partial charge in [-0.25, -0.2) is 8.78 Å². The summed E-state index contributed by atoms with van der Waals surface area (Å²) in [7, 11) is 0. The summed E-state index contributed by atoms with van der Waals surface area (Å²) in [6.45, 7) is 2.13. The number of nitrogens with zero attached hydrogens (tertiary/aromatic N) is 1. The maximum atomic E-state index is 13.2. The van der Waals surface area contributed by atoms with Crippen LogP contribution < -0.4 is 16.0 Å². The molecule has 2 heterocycles. The van der Waals surface area contributed by atoms with Crippen molar-refractivity contribution in [1.29, 1.82) is 0 Å². The third-order valence-corrected chi connectivity index (χ3v) is 6.50. The van der Waals surface area contributed by atoms with Crippen LogP contribution in [-0.4, -0.2) is 47.1 Å². The number of hydrogen-bond donors (Lipinski definition) is 3. The Morgan fingerprint density at radius 2 is 1.97 bits per heavy atom. The number of anilines is 1. The number of carbonyl (C=O) groups is 2. The standard InChI is InChI=1S/C22H24F2N4O2S/c23-15-6-4-14(5-7-15)11-28-9-8-19-18(12-28)21(30)27-22(26-19)31-13-20(29)25-17-3-1-2-16(24)10-17/h1-7,10,18-19,22,26H,8-9,11-13H2,(H,25,29)(H,27,30). The van der Waals surface area contributed by atoms with Gasteiger partial charge in [0.1, 0.15) is 17.1 Å². The van der Waals surface area contributed by atoms with Crippen LogP contribution in [-0.2, 0) is 16.1 Å². The van der Waals surface area contributed by atoms with Gasteiger partial charge in [-0.05, 0) is 42.3 Å². The van der Waals surface area contributed by atoms with Crippen LogP contribution in [0.25, 0.3) is 0 Å². The highest BCUT2D eigenvalue weighted by molar-refractivity contribution is 8.00. The van der Waals surface area contributed by atoms with Crippen molar-refractivity contribution < 1.29 is 18.4 Å². The van der Waals surface area contributed by atoms with Gasteiger partial charge < -0.3 is 10.6 Å². The summed E-state index contributed by atoms with van der Waals surface area (Å²) in [5, 5.41) is 9.01. The molecular formula is C22H24F2N4O2S. The van der Waals surface area contributed by atoms with Crippen molar-refractivity contribution in [2.45, 2.75) is 24.5 Å². The van der Waals surface area contributed by atoms with Crippen molar-refractivity contribution in [1.82, 2.24) is 15.5 Å². The molecule has 2 fully saturated rings. The Hall–Kier alpha value is -2.49. The Morgan fingerprint density at radius 1 is 1.16 bits per heavy atom. The third kappa shape index (κ3) is 5.81. The zero-order chi connectivity index (χ0) is 21.8. The van der Waals surface area contributed by atoms with Crippen LogP contribution in [0.2, 0.25) is 0 Å². The molecule has 2 aromatic carbocycles. The monoisotopic (exact) mass is 446 g/mol. The van der Waals surface area contributed by atoms with Crippen LogP contribution in [0.1, 0.15) is 12.0 Å². The van der Waals surface area contributed by atoms with Crippen molar-refractivity contribution in [3.05, 3.63) is 65.7 Å². The molecule has 0 aromatic heterocycles. The van der Waals surface area contributed by atoms with Crippen molar-refractivity contribution in [3.63, 3.8) is 0 Å². The predicted molar refractivity (Wildman–Crippen MR) is 116 cm³/mol. The normalized spacial score (nSPS) is 23.7. The Balaban J connectivity index is 1.25. The van der Waals surface area contributed by atoms with E-state index in [1.54, 1.807) is 18.2 Å². The highest BCUT2D eigenvalue weighted by Gasteiger charge is 2.39. The predicted octanol–water partition coefficient (Wildman–Crippen LogP) is 2.53. The highest BCUT2D eigenvalue weighted by Crippen LogP contribution is 2.25. The molecule has 3 N–H and O–H groups in total. The van der Waals surface area contributed by atoms with Crippen molar-refractivity contribution >= 4 is 29.3 Å². The van der Waals surface area contributed by atoms with Crippen molar-refractivity contribution in [3.8, 4) is 0 Å². The average molecular weight is 447 g/mol. The molecule has 4 rings (SSSR count). The van der Waals surface area contributed by atoms with Crippen LogP contribution in [0.15, 0.2) is 48.5 Å². The lowest BCUT2D eigenvalue weighted by Gasteiger charge is -2.43. The van der Waals surface area contributed by atoms with E-state index in [1.165, 1.54) is 42.1 Å². The number of carbonyl (C=O) groups excluding carboxylic acids is 2. The lowest BCUT2D eigenvalue weighted by atomic mass is 9.89. The van der Waals surface area contributed by atoms with E-state index in [4.69, 9.17) is 0 Å². The second-order valence-electron chi connectivity index (χ2n) is 7.79. The second kappa shape index (κ2) is 9.76. The number of rotatable bonds is 6. The van der Waals surface area contributed by atoms with Crippen LogP contribution >= 0.6 is 11.8 Å². The number of nitrogens with one attached hydrogen (secondary N) is 3. The fourth-order valence-electron chi connectivity index (χ4n) is 3.96. The van der Waals surface area contributed by atoms with E-state index >= 15 is 0 Å². The topological polar surface area (TPSA) is 73.5 Å². The smallest absolute Gasteiger partial charge is 0.234 e. The summed E-state index contributed by atoms with van der Waals surface area (Å²) in [4.78, 5) is 27.0. The fraction of sp³-hybridized carbons (Fsp3) is 0.364. The van der Waals surface area contributed by atoms with Crippen LogP contribution in [0.3, 0.4) is 0 Å². The van der Waals surface area contributed by atoms with Crippen LogP contribution in [0.4, 0.5) is 14.5 Å². The number of halogens is 2. The Bertz CT molecular complexity index is 943. The summed E-state index contributed by atoms with van der Waals surface area (Å²) in [6.07, 6.45) is 0.811. The van der Waals surface area contributed by atoms with Crippen molar-refractivity contribution in [2.75, 3.05) is 24.2 Å². The first-order valence-electron chi connectivity index (χ1n) is 10.2. The molecule has 2 aromatic rings. The molecule has 0 spiro atoms. The number of fused-ring (bicyclic) bond motifs is 1. The molecule has 0 saturated carbocycles. The number of amides is 2. The number of benzene rings is 2. The molecule has 2 aliphatic rings. The molecule has 6 nitrogen and oxygen atoms in total. The zero-order valence-electron chi connectivity index (χ0n) is 16.8. The summed E-state index contributed by atoms with van der Waals surface area (Å²) < 4.78 is 26.3. The number of thioether (sulfide) groups is 1. The van der Waals surface area contributed by atoms with E-state index in [0.717, 1.165) is 18.5 Å². The first kappa shape index (κ1) is 21.7. The fourth-order valence-corrected chi connectivity index (χ4v) is 4.82. The molecule has 2 aliphatic heterocycles. The minimum absolute atomic E-state index is 0.0319. The highest BCUT2D eigenvalue weighted by atomic mass is 32.2. The maximum Gasteiger partial charge on any atom is 0.234 e. The molecule has 0 bridgehead atoms. The number of hydrogen-bond acceptors (Lipinski definition) is 5. The van der Waals surface area contributed by atoms with Gasteiger partial charge in [-0.3, -0.25) is 19.8 Å². The van der Waals surface area contributed by atoms with Gasteiger partial charge in [-0.15, -0.1) is 11.8 Å². The van der Waals surface area contributed by atoms with Crippen molar-refractivity contribution in [2.24, 2.45) is 5.92 Å². The van der Waals surface area contributed by atoms with E-state index in [1.807, 2.05) is 0 Å². The summed E-state index contributed by atoms with van der Waals surface area (Å²) in [5.74, 6) is -1.01. The molecule has 9 heteroatoms. The van der Waals surface area contributed by atoms with Gasteiger partial charge in [0.15, 0.2) is 0 Å². The van der Waals surface area contributed by atoms with Gasteiger partial charge in [-0.2, -0.15) is 0 Å². The molecule has 2 saturated heterocycles. The van der Waals surface area contributed by atoms with Gasteiger partial charge >= 0.3 is 0 Å². The maximum absolute atomic E-state index is 13.2. The molecule has 31 heavy (non-hydrogen) atoms. The molecule has 164 valence electrons. The van der Waals surface area contributed by atoms with E-state index in [0.29, 0.717) is 18.8 Å². The quantitative estimate of drug-likeness (QED) is 0.636. The Labute approximate surface area is 183 Å². The molecule has 2 amide bonds. The number of piperidine rings is 1. The van der Waals surface area contributed by atoms with Gasteiger partial charge in [0, 0.05) is 31.4 Å². The second-order valence-corrected chi connectivity index (χ2v) is 8.88. The largest absolute Gasteiger partial charge is 0.331 e. The lowest BCUT2D eigenvalue weighted by Crippen LogP contribution is -2.64. The van der Waals surface area contributed by atoms with Crippen LogP contribution in [0.5, 0.6) is 0 Å². The summed E-state index contributed by atoms with van der Waals surface area (Å²) in [6, 6.07) is 12.2. The molecular weight excluding hydrogens is 422 g/mol. The molecule has 0 aliphatic carbocycles. The van der Waals surface area contributed by atoms with E-state index in [2.05, 4.69) is 20.9 Å². The van der Waals surface area contributed by atoms with E-state index in [-0.39, 0.29) is 40.8 Å². The average Bonchev–Trinajstić information content (AvgIpc) is 2.74. The van der Waals surface area contributed by atoms with Gasteiger partial charge in [0.05, 0.1) is 11.7 Å². The summed E-state index contributed by atoms with van der Waals surface area (Å²) in [5.41, 5.74) is 1.07. The molecule has 3 unspecified atom stereocenters. The van der Waals surface area contributed by atoms with E-state index < -0.39 is 5.82 Å². The first-order chi connectivity index (χ1) is 15.0. The van der Waals surface area contributed by atoms with Gasteiger partial charge in [0.25, 0.3) is 0 Å². The minimum Gasteiger partial charge on any atom is -0.331 e. The summed E-state index contributed by atoms with van der Waals surface area (Å²) >= 11 is 1.30. The SMILES string of the molecule is O=C(CSC1NC(=O)C2CN(Cc3ccc(F)cc3)CCC2N1)Nc1cccc(F)c1. The lowest BCUT2D eigenvalue weighted by molar-refractivity contribution is -0.130. The first-order valence-corrected chi connectivity index (χ1v) is 11.2. The zero-order valence-corrected chi connectivity index (χ0v) is 17.6. The molecule has 0 radical (unpaired) electrons. The Kier molecular flexibility index (Phi) is 6.84. The van der Waals surface area contributed by atoms with Gasteiger partial charge in [-0.1, -0.05) is 18.2 Å². The molecule has 3 atom stereocenters. The number of likely N-dealkylation sites (tertiary alicyclic amines) is 1. The minimum atomic E-state index is -0.413. The Morgan fingerprint density at radius 3 is 2.74 bits per heavy atom. The third-order valence-electron chi connectivity index (χ3n) is 5.48. The van der Waals surface area contributed by atoms with Gasteiger partial charge in [0.2, 0.25) is 11.8 Å². The van der Waals surface area contributed by atoms with Crippen LogP contribution in [0, 0.1) is 17.6 Å². The van der Waals surface area contributed by atoms with E-state index in [9.17, 15) is 18.4 Å².